The van der Waals surface area contributed by atoms with Crippen molar-refractivity contribution in [2.45, 2.75) is 23.4 Å². The van der Waals surface area contributed by atoms with Crippen LogP contribution in [0.15, 0.2) is 22.5 Å². The van der Waals surface area contributed by atoms with E-state index < -0.39 is 11.8 Å². The Balaban J connectivity index is 2.08. The minimum absolute atomic E-state index is 0.0397. The number of carboxylic acids is 1. The maximum atomic E-state index is 13.3. The van der Waals surface area contributed by atoms with Crippen molar-refractivity contribution in [1.82, 2.24) is 9.36 Å². The number of aromatic carboxylic acids is 1. The molecule has 0 aliphatic carbocycles. The molecule has 0 saturated carbocycles. The topological polar surface area (TPSA) is 63.1 Å². The standard InChI is InChI=1S/C12H11FN2O2S2/c1-2-10-14-12(19-15-10)18-6-7-3-8(11(16)17)5-9(13)4-7/h3-5H,2,6H2,1H3,(H,16,17). The zero-order valence-electron chi connectivity index (χ0n) is 10.1. The van der Waals surface area contributed by atoms with Gasteiger partial charge in [0, 0.05) is 12.2 Å². The fourth-order valence-corrected chi connectivity index (χ4v) is 3.07. The molecule has 0 bridgehead atoms. The molecule has 0 spiro atoms. The smallest absolute Gasteiger partial charge is 0.335 e. The van der Waals surface area contributed by atoms with Crippen LogP contribution in [0.5, 0.6) is 0 Å². The Kier molecular flexibility index (Phi) is 4.49. The van der Waals surface area contributed by atoms with Crippen molar-refractivity contribution in [3.05, 3.63) is 41.0 Å². The molecule has 1 aromatic carbocycles. The zero-order chi connectivity index (χ0) is 13.8. The van der Waals surface area contributed by atoms with Gasteiger partial charge in [-0.3, -0.25) is 0 Å². The molecule has 7 heteroatoms. The second-order valence-corrected chi connectivity index (χ2v) is 5.75. The van der Waals surface area contributed by atoms with Gasteiger partial charge in [-0.2, -0.15) is 4.37 Å². The summed E-state index contributed by atoms with van der Waals surface area (Å²) < 4.78 is 18.2. The summed E-state index contributed by atoms with van der Waals surface area (Å²) in [5.41, 5.74) is 0.581. The summed E-state index contributed by atoms with van der Waals surface area (Å²) in [6.45, 7) is 1.97. The minimum Gasteiger partial charge on any atom is -0.478 e. The van der Waals surface area contributed by atoms with Crippen molar-refractivity contribution in [2.24, 2.45) is 0 Å². The van der Waals surface area contributed by atoms with Crippen molar-refractivity contribution in [3.8, 4) is 0 Å². The molecule has 0 aliphatic rings. The van der Waals surface area contributed by atoms with Gasteiger partial charge < -0.3 is 5.11 Å². The Labute approximate surface area is 117 Å². The quantitative estimate of drug-likeness (QED) is 0.859. The van der Waals surface area contributed by atoms with Gasteiger partial charge in [-0.1, -0.05) is 18.7 Å². The van der Waals surface area contributed by atoms with E-state index in [0.29, 0.717) is 11.3 Å². The first-order valence-corrected chi connectivity index (χ1v) is 7.32. The van der Waals surface area contributed by atoms with E-state index in [-0.39, 0.29) is 5.56 Å². The third-order valence-electron chi connectivity index (χ3n) is 2.33. The predicted molar refractivity (Wildman–Crippen MR) is 72.2 cm³/mol. The summed E-state index contributed by atoms with van der Waals surface area (Å²) in [4.78, 5) is 15.1. The molecule has 4 nitrogen and oxygen atoms in total. The van der Waals surface area contributed by atoms with Gasteiger partial charge >= 0.3 is 5.97 Å². The number of carbonyl (C=O) groups is 1. The third kappa shape index (κ3) is 3.74. The lowest BCUT2D eigenvalue weighted by atomic mass is 10.1. The number of hydrogen-bond acceptors (Lipinski definition) is 5. The Hall–Kier alpha value is -1.47. The summed E-state index contributed by atoms with van der Waals surface area (Å²) in [7, 11) is 0. The molecule has 0 amide bonds. The molecule has 2 rings (SSSR count). The highest BCUT2D eigenvalue weighted by Gasteiger charge is 2.09. The van der Waals surface area contributed by atoms with Gasteiger partial charge in [0.2, 0.25) is 0 Å². The van der Waals surface area contributed by atoms with E-state index >= 15 is 0 Å². The van der Waals surface area contributed by atoms with Crippen LogP contribution in [0.3, 0.4) is 0 Å². The molecule has 1 N–H and O–H groups in total. The molecular formula is C12H11FN2O2S2. The number of thioether (sulfide) groups is 1. The summed E-state index contributed by atoms with van der Waals surface area (Å²) in [5, 5.41) is 8.86. The minimum atomic E-state index is -1.13. The molecule has 2 aromatic rings. The maximum absolute atomic E-state index is 13.3. The van der Waals surface area contributed by atoms with Crippen molar-refractivity contribution >= 4 is 29.3 Å². The van der Waals surface area contributed by atoms with Crippen molar-refractivity contribution in [3.63, 3.8) is 0 Å². The second kappa shape index (κ2) is 6.12. The van der Waals surface area contributed by atoms with Crippen LogP contribution in [0.1, 0.15) is 28.7 Å². The van der Waals surface area contributed by atoms with Gasteiger partial charge in [0.1, 0.15) is 11.6 Å². The first-order chi connectivity index (χ1) is 9.08. The van der Waals surface area contributed by atoms with Crippen LogP contribution in [0.4, 0.5) is 4.39 Å². The molecule has 0 unspecified atom stereocenters. The van der Waals surface area contributed by atoms with Gasteiger partial charge in [-0.15, -0.1) is 0 Å². The Morgan fingerprint density at radius 2 is 2.26 bits per heavy atom. The average Bonchev–Trinajstić information content (AvgIpc) is 2.83. The van der Waals surface area contributed by atoms with E-state index in [1.807, 2.05) is 6.92 Å². The van der Waals surface area contributed by atoms with Crippen molar-refractivity contribution in [1.29, 1.82) is 0 Å². The average molecular weight is 298 g/mol. The Bertz CT molecular complexity index is 601. The van der Waals surface area contributed by atoms with E-state index in [0.717, 1.165) is 22.7 Å². The fourth-order valence-electron chi connectivity index (χ4n) is 1.44. The number of aryl methyl sites for hydroxylation is 1. The molecule has 0 radical (unpaired) electrons. The number of aromatic nitrogens is 2. The fraction of sp³-hybridized carbons (Fsp3) is 0.250. The van der Waals surface area contributed by atoms with Gasteiger partial charge in [-0.25, -0.2) is 14.2 Å². The monoisotopic (exact) mass is 298 g/mol. The second-order valence-electron chi connectivity index (χ2n) is 3.77. The number of carboxylic acid groups (broad SMARTS) is 1. The molecular weight excluding hydrogens is 287 g/mol. The number of benzene rings is 1. The molecule has 19 heavy (non-hydrogen) atoms. The molecule has 1 aromatic heterocycles. The largest absolute Gasteiger partial charge is 0.478 e. The van der Waals surface area contributed by atoms with Crippen molar-refractivity contribution < 1.29 is 14.3 Å². The predicted octanol–water partition coefficient (Wildman–Crippen LogP) is 3.23. The van der Waals surface area contributed by atoms with Crippen LogP contribution < -0.4 is 0 Å². The molecule has 0 atom stereocenters. The molecule has 0 fully saturated rings. The lowest BCUT2D eigenvalue weighted by Crippen LogP contribution is -1.98. The highest BCUT2D eigenvalue weighted by molar-refractivity contribution is 8.00. The number of halogens is 1. The number of rotatable bonds is 5. The summed E-state index contributed by atoms with van der Waals surface area (Å²) in [6, 6.07) is 3.82. The van der Waals surface area contributed by atoms with Crippen LogP contribution in [0.25, 0.3) is 0 Å². The Morgan fingerprint density at radius 3 is 2.89 bits per heavy atom. The molecule has 0 saturated heterocycles. The van der Waals surface area contributed by atoms with Gasteiger partial charge in [0.15, 0.2) is 4.34 Å². The van der Waals surface area contributed by atoms with E-state index in [9.17, 15) is 9.18 Å². The number of hydrogen-bond donors (Lipinski definition) is 1. The van der Waals surface area contributed by atoms with Crippen LogP contribution >= 0.6 is 23.3 Å². The van der Waals surface area contributed by atoms with Gasteiger partial charge in [-0.05, 0) is 35.3 Å². The van der Waals surface area contributed by atoms with Crippen LogP contribution in [-0.2, 0) is 12.2 Å². The number of nitrogens with zero attached hydrogens (tertiary/aromatic N) is 2. The third-order valence-corrected chi connectivity index (χ3v) is 4.28. The Morgan fingerprint density at radius 1 is 1.47 bits per heavy atom. The van der Waals surface area contributed by atoms with E-state index in [2.05, 4.69) is 9.36 Å². The SMILES string of the molecule is CCc1nsc(SCc2cc(F)cc(C(=O)O)c2)n1. The van der Waals surface area contributed by atoms with Crippen LogP contribution in [-0.4, -0.2) is 20.4 Å². The van der Waals surface area contributed by atoms with Gasteiger partial charge in [0.05, 0.1) is 5.56 Å². The van der Waals surface area contributed by atoms with Crippen LogP contribution in [0, 0.1) is 5.82 Å². The normalized spacial score (nSPS) is 10.6. The lowest BCUT2D eigenvalue weighted by molar-refractivity contribution is 0.0696. The lowest BCUT2D eigenvalue weighted by Gasteiger charge is -2.02. The van der Waals surface area contributed by atoms with Gasteiger partial charge in [0.25, 0.3) is 0 Å². The maximum Gasteiger partial charge on any atom is 0.335 e. The molecule has 0 aliphatic heterocycles. The summed E-state index contributed by atoms with van der Waals surface area (Å²) in [5.74, 6) is -0.411. The molecule has 100 valence electrons. The summed E-state index contributed by atoms with van der Waals surface area (Å²) in [6.07, 6.45) is 0.778. The van der Waals surface area contributed by atoms with E-state index in [1.54, 1.807) is 0 Å². The van der Waals surface area contributed by atoms with E-state index in [1.165, 1.54) is 35.4 Å². The highest BCUT2D eigenvalue weighted by atomic mass is 32.2. The first-order valence-electron chi connectivity index (χ1n) is 5.56. The zero-order valence-corrected chi connectivity index (χ0v) is 11.7. The van der Waals surface area contributed by atoms with Crippen LogP contribution in [0.2, 0.25) is 0 Å². The molecule has 1 heterocycles. The highest BCUT2D eigenvalue weighted by Crippen LogP contribution is 2.25. The first kappa shape index (κ1) is 14.0. The van der Waals surface area contributed by atoms with Crippen molar-refractivity contribution in [2.75, 3.05) is 0 Å². The van der Waals surface area contributed by atoms with E-state index in [4.69, 9.17) is 5.11 Å². The summed E-state index contributed by atoms with van der Waals surface area (Å²) >= 11 is 2.72.